The fraction of sp³-hybridized carbons (Fsp3) is 0.857. The number of hydrogen-bond donors (Lipinski definition) is 1. The Morgan fingerprint density at radius 2 is 2.16 bits per heavy atom. The lowest BCUT2D eigenvalue weighted by Crippen LogP contribution is -2.41. The first-order valence-electron chi connectivity index (χ1n) is 7.32. The van der Waals surface area contributed by atoms with Crippen molar-refractivity contribution in [1.29, 1.82) is 5.26 Å². The molecule has 5 heteroatoms. The van der Waals surface area contributed by atoms with Gasteiger partial charge in [0, 0.05) is 26.2 Å². The Kier molecular flexibility index (Phi) is 5.62. The van der Waals surface area contributed by atoms with E-state index >= 15 is 0 Å². The highest BCUT2D eigenvalue weighted by Gasteiger charge is 2.22. The molecule has 0 spiro atoms. The summed E-state index contributed by atoms with van der Waals surface area (Å²) in [6.07, 6.45) is 6.02. The molecule has 0 aromatic rings. The molecule has 2 atom stereocenters. The topological polar surface area (TPSA) is 65.4 Å². The van der Waals surface area contributed by atoms with E-state index in [0.717, 1.165) is 45.4 Å². The Hall–Kier alpha value is -1.12. The predicted octanol–water partition coefficient (Wildman–Crippen LogP) is 1.05. The zero-order valence-corrected chi connectivity index (χ0v) is 11.4. The maximum Gasteiger partial charge on any atom is 0.225 e. The third-order valence-electron chi connectivity index (χ3n) is 3.86. The number of rotatable bonds is 5. The molecular weight excluding hydrogens is 242 g/mol. The van der Waals surface area contributed by atoms with Gasteiger partial charge in [-0.15, -0.1) is 0 Å². The van der Waals surface area contributed by atoms with Gasteiger partial charge in [0.05, 0.1) is 18.6 Å². The molecule has 19 heavy (non-hydrogen) atoms. The van der Waals surface area contributed by atoms with E-state index < -0.39 is 6.04 Å². The van der Waals surface area contributed by atoms with E-state index in [-0.39, 0.29) is 18.4 Å². The first-order chi connectivity index (χ1) is 9.29. The summed E-state index contributed by atoms with van der Waals surface area (Å²) in [6.45, 7) is 3.19. The second-order valence-corrected chi connectivity index (χ2v) is 5.37. The van der Waals surface area contributed by atoms with Crippen LogP contribution in [0.1, 0.15) is 38.5 Å². The standard InChI is InChI=1S/C14H23N3O2/c15-10-12(16-11-13-5-4-8-19-13)9-14(18)17-6-2-1-3-7-17/h12-13,16H,1-9,11H2. The first-order valence-corrected chi connectivity index (χ1v) is 7.32. The SMILES string of the molecule is N#CC(CC(=O)N1CCCCC1)NCC1CCCO1. The normalized spacial score (nSPS) is 25.0. The molecule has 2 rings (SSSR count). The van der Waals surface area contributed by atoms with Crippen molar-refractivity contribution < 1.29 is 9.53 Å². The van der Waals surface area contributed by atoms with Gasteiger partial charge in [-0.2, -0.15) is 5.26 Å². The Balaban J connectivity index is 1.71. The molecule has 2 fully saturated rings. The fourth-order valence-corrected chi connectivity index (χ4v) is 2.69. The predicted molar refractivity (Wildman–Crippen MR) is 71.4 cm³/mol. The van der Waals surface area contributed by atoms with E-state index in [9.17, 15) is 4.79 Å². The summed E-state index contributed by atoms with van der Waals surface area (Å²) in [5.41, 5.74) is 0. The van der Waals surface area contributed by atoms with Crippen molar-refractivity contribution in [3.63, 3.8) is 0 Å². The number of nitriles is 1. The van der Waals surface area contributed by atoms with Gasteiger partial charge in [0.15, 0.2) is 0 Å². The molecule has 0 aromatic heterocycles. The van der Waals surface area contributed by atoms with Gasteiger partial charge < -0.3 is 9.64 Å². The summed E-state index contributed by atoms with van der Waals surface area (Å²) in [4.78, 5) is 14.0. The van der Waals surface area contributed by atoms with Crippen LogP contribution in [0.4, 0.5) is 0 Å². The summed E-state index contributed by atoms with van der Waals surface area (Å²) in [6, 6.07) is 1.79. The summed E-state index contributed by atoms with van der Waals surface area (Å²) in [5.74, 6) is 0.103. The number of carbonyl (C=O) groups excluding carboxylic acids is 1. The van der Waals surface area contributed by atoms with E-state index in [1.807, 2.05) is 4.90 Å². The maximum absolute atomic E-state index is 12.1. The van der Waals surface area contributed by atoms with Crippen LogP contribution in [0.3, 0.4) is 0 Å². The van der Waals surface area contributed by atoms with Gasteiger partial charge in [-0.05, 0) is 32.1 Å². The lowest BCUT2D eigenvalue weighted by molar-refractivity contribution is -0.132. The van der Waals surface area contributed by atoms with Crippen molar-refractivity contribution in [2.45, 2.75) is 50.7 Å². The second kappa shape index (κ2) is 7.46. The van der Waals surface area contributed by atoms with Crippen molar-refractivity contribution >= 4 is 5.91 Å². The Labute approximate surface area is 114 Å². The number of likely N-dealkylation sites (tertiary alicyclic amines) is 1. The lowest BCUT2D eigenvalue weighted by atomic mass is 10.1. The molecule has 2 saturated heterocycles. The Morgan fingerprint density at radius 3 is 2.79 bits per heavy atom. The molecule has 0 aliphatic carbocycles. The molecule has 5 nitrogen and oxygen atoms in total. The van der Waals surface area contributed by atoms with Crippen LogP contribution in [0.15, 0.2) is 0 Å². The number of piperidine rings is 1. The van der Waals surface area contributed by atoms with E-state index in [1.165, 1.54) is 6.42 Å². The molecule has 1 amide bonds. The van der Waals surface area contributed by atoms with Crippen LogP contribution in [0.5, 0.6) is 0 Å². The highest BCUT2D eigenvalue weighted by molar-refractivity contribution is 5.77. The van der Waals surface area contributed by atoms with Crippen LogP contribution in [-0.4, -0.2) is 49.2 Å². The molecule has 2 aliphatic rings. The van der Waals surface area contributed by atoms with Crippen molar-refractivity contribution in [3.8, 4) is 6.07 Å². The molecule has 0 saturated carbocycles. The number of nitrogens with one attached hydrogen (secondary N) is 1. The van der Waals surface area contributed by atoms with Gasteiger partial charge in [0.1, 0.15) is 6.04 Å². The molecule has 1 N–H and O–H groups in total. The zero-order chi connectivity index (χ0) is 13.5. The highest BCUT2D eigenvalue weighted by Crippen LogP contribution is 2.12. The third-order valence-corrected chi connectivity index (χ3v) is 3.86. The molecule has 0 radical (unpaired) electrons. The van der Waals surface area contributed by atoms with Gasteiger partial charge in [0.25, 0.3) is 0 Å². The Morgan fingerprint density at radius 1 is 1.37 bits per heavy atom. The summed E-state index contributed by atoms with van der Waals surface area (Å²) >= 11 is 0. The molecular formula is C14H23N3O2. The molecule has 2 heterocycles. The molecule has 0 aromatic carbocycles. The van der Waals surface area contributed by atoms with Crippen LogP contribution in [0.25, 0.3) is 0 Å². The van der Waals surface area contributed by atoms with Crippen LogP contribution in [0.2, 0.25) is 0 Å². The summed E-state index contributed by atoms with van der Waals surface area (Å²) in [7, 11) is 0. The molecule has 0 bridgehead atoms. The number of nitrogens with zero attached hydrogens (tertiary/aromatic N) is 2. The average Bonchev–Trinajstić information content (AvgIpc) is 2.97. The van der Waals surface area contributed by atoms with Crippen LogP contribution in [-0.2, 0) is 9.53 Å². The summed E-state index contributed by atoms with van der Waals surface area (Å²) < 4.78 is 5.50. The zero-order valence-electron chi connectivity index (χ0n) is 11.4. The van der Waals surface area contributed by atoms with Crippen LogP contribution >= 0.6 is 0 Å². The smallest absolute Gasteiger partial charge is 0.225 e. The average molecular weight is 265 g/mol. The van der Waals surface area contributed by atoms with Gasteiger partial charge in [-0.1, -0.05) is 0 Å². The maximum atomic E-state index is 12.1. The number of carbonyl (C=O) groups is 1. The van der Waals surface area contributed by atoms with Crippen molar-refractivity contribution in [1.82, 2.24) is 10.2 Å². The Bertz CT molecular complexity index is 328. The largest absolute Gasteiger partial charge is 0.377 e. The van der Waals surface area contributed by atoms with E-state index in [1.54, 1.807) is 0 Å². The minimum absolute atomic E-state index is 0.103. The van der Waals surface area contributed by atoms with Crippen molar-refractivity contribution in [2.75, 3.05) is 26.2 Å². The third kappa shape index (κ3) is 4.48. The van der Waals surface area contributed by atoms with Crippen LogP contribution in [0, 0.1) is 11.3 Å². The first kappa shape index (κ1) is 14.3. The van der Waals surface area contributed by atoms with Crippen molar-refractivity contribution in [2.24, 2.45) is 0 Å². The number of hydrogen-bond acceptors (Lipinski definition) is 4. The highest BCUT2D eigenvalue weighted by atomic mass is 16.5. The van der Waals surface area contributed by atoms with E-state index in [2.05, 4.69) is 11.4 Å². The number of ether oxygens (including phenoxy) is 1. The molecule has 2 unspecified atom stereocenters. The summed E-state index contributed by atoms with van der Waals surface area (Å²) in [5, 5.41) is 12.3. The van der Waals surface area contributed by atoms with E-state index in [0.29, 0.717) is 6.54 Å². The molecule has 106 valence electrons. The van der Waals surface area contributed by atoms with Gasteiger partial charge in [0.2, 0.25) is 5.91 Å². The second-order valence-electron chi connectivity index (χ2n) is 5.37. The number of amides is 1. The van der Waals surface area contributed by atoms with Crippen LogP contribution < -0.4 is 5.32 Å². The minimum Gasteiger partial charge on any atom is -0.377 e. The fourth-order valence-electron chi connectivity index (χ4n) is 2.69. The quantitative estimate of drug-likeness (QED) is 0.807. The molecule has 2 aliphatic heterocycles. The van der Waals surface area contributed by atoms with Crippen molar-refractivity contribution in [3.05, 3.63) is 0 Å². The van der Waals surface area contributed by atoms with Gasteiger partial charge >= 0.3 is 0 Å². The minimum atomic E-state index is -0.390. The van der Waals surface area contributed by atoms with Gasteiger partial charge in [-0.25, -0.2) is 0 Å². The monoisotopic (exact) mass is 265 g/mol. The van der Waals surface area contributed by atoms with Gasteiger partial charge in [-0.3, -0.25) is 10.1 Å². The van der Waals surface area contributed by atoms with E-state index in [4.69, 9.17) is 10.00 Å². The lowest BCUT2D eigenvalue weighted by Gasteiger charge is -2.27.